The number of nitrogens with zero attached hydrogens (tertiary/aromatic N) is 1. The third kappa shape index (κ3) is 3.06. The number of nitrogens with one attached hydrogen (secondary N) is 1. The van der Waals surface area contributed by atoms with Gasteiger partial charge in [0.05, 0.1) is 11.7 Å². The number of rotatable bonds is 3. The van der Waals surface area contributed by atoms with Crippen LogP contribution < -0.4 is 5.32 Å². The zero-order valence-corrected chi connectivity index (χ0v) is 11.7. The van der Waals surface area contributed by atoms with Crippen molar-refractivity contribution in [2.45, 2.75) is 6.04 Å². The Labute approximate surface area is 114 Å². The lowest BCUT2D eigenvalue weighted by Crippen LogP contribution is -2.18. The van der Waals surface area contributed by atoms with E-state index < -0.39 is 0 Å². The molecule has 0 radical (unpaired) electrons. The predicted octanol–water partition coefficient (Wildman–Crippen LogP) is 3.81. The first kappa shape index (κ1) is 12.6. The fourth-order valence-electron chi connectivity index (χ4n) is 1.70. The summed E-state index contributed by atoms with van der Waals surface area (Å²) in [7, 11) is 1.92. The van der Waals surface area contributed by atoms with Gasteiger partial charge in [0.1, 0.15) is 0 Å². The van der Waals surface area contributed by atoms with Crippen molar-refractivity contribution < 1.29 is 0 Å². The van der Waals surface area contributed by atoms with Gasteiger partial charge >= 0.3 is 0 Å². The van der Waals surface area contributed by atoms with Crippen molar-refractivity contribution in [2.75, 3.05) is 7.05 Å². The van der Waals surface area contributed by atoms with E-state index in [1.54, 1.807) is 6.20 Å². The maximum atomic E-state index is 5.88. The predicted molar refractivity (Wildman–Crippen MR) is 74.3 cm³/mol. The van der Waals surface area contributed by atoms with Crippen LogP contribution in [0.4, 0.5) is 0 Å². The first-order valence-corrected chi connectivity index (χ1v) is 6.42. The minimum absolute atomic E-state index is 0.0837. The topological polar surface area (TPSA) is 24.9 Å². The smallest absolute Gasteiger partial charge is 0.0749 e. The van der Waals surface area contributed by atoms with E-state index in [0.29, 0.717) is 0 Å². The Kier molecular flexibility index (Phi) is 4.15. The molecule has 1 aromatic carbocycles. The van der Waals surface area contributed by atoms with E-state index >= 15 is 0 Å². The highest BCUT2D eigenvalue weighted by Gasteiger charge is 2.12. The van der Waals surface area contributed by atoms with Crippen LogP contribution in [0.2, 0.25) is 5.02 Å². The Balaban J connectivity index is 2.33. The second-order valence-corrected chi connectivity index (χ2v) is 5.03. The molecule has 0 aliphatic heterocycles. The summed E-state index contributed by atoms with van der Waals surface area (Å²) in [6.07, 6.45) is 1.80. The fourth-order valence-corrected chi connectivity index (χ4v) is 2.06. The summed E-state index contributed by atoms with van der Waals surface area (Å²) in [5.74, 6) is 0. The Morgan fingerprint density at radius 3 is 2.41 bits per heavy atom. The SMILES string of the molecule is CNC(c1ccc(Cl)cc1)c1ccc(Br)cn1. The molecule has 2 aromatic rings. The molecule has 0 saturated heterocycles. The van der Waals surface area contributed by atoms with E-state index in [1.807, 2.05) is 43.4 Å². The van der Waals surface area contributed by atoms with Crippen LogP contribution in [0.1, 0.15) is 17.3 Å². The molecular formula is C13H12BrClN2. The highest BCUT2D eigenvalue weighted by molar-refractivity contribution is 9.10. The second-order valence-electron chi connectivity index (χ2n) is 3.67. The van der Waals surface area contributed by atoms with E-state index in [4.69, 9.17) is 11.6 Å². The number of aromatic nitrogens is 1. The highest BCUT2D eigenvalue weighted by Crippen LogP contribution is 2.22. The van der Waals surface area contributed by atoms with Crippen LogP contribution >= 0.6 is 27.5 Å². The Morgan fingerprint density at radius 1 is 1.18 bits per heavy atom. The van der Waals surface area contributed by atoms with Gasteiger partial charge in [-0.15, -0.1) is 0 Å². The Bertz CT molecular complexity index is 436. The minimum atomic E-state index is 0.0837. The summed E-state index contributed by atoms with van der Waals surface area (Å²) in [5.41, 5.74) is 2.13. The van der Waals surface area contributed by atoms with Gasteiger partial charge in [-0.2, -0.15) is 0 Å². The number of hydrogen-bond donors (Lipinski definition) is 1. The molecule has 0 spiro atoms. The van der Waals surface area contributed by atoms with Crippen LogP contribution in [0.3, 0.4) is 0 Å². The Hall–Kier alpha value is -0.900. The van der Waals surface area contributed by atoms with Crippen molar-refractivity contribution in [1.82, 2.24) is 10.3 Å². The summed E-state index contributed by atoms with van der Waals surface area (Å²) in [5, 5.41) is 4.00. The molecule has 0 saturated carbocycles. The summed E-state index contributed by atoms with van der Waals surface area (Å²) in [6.45, 7) is 0. The molecule has 2 rings (SSSR count). The van der Waals surface area contributed by atoms with E-state index in [9.17, 15) is 0 Å². The maximum absolute atomic E-state index is 5.88. The molecule has 0 aliphatic carbocycles. The highest BCUT2D eigenvalue weighted by atomic mass is 79.9. The largest absolute Gasteiger partial charge is 0.308 e. The zero-order valence-electron chi connectivity index (χ0n) is 9.32. The number of halogens is 2. The van der Waals surface area contributed by atoms with Crippen molar-refractivity contribution in [2.24, 2.45) is 0 Å². The van der Waals surface area contributed by atoms with Crippen LogP contribution in [-0.4, -0.2) is 12.0 Å². The second kappa shape index (κ2) is 5.63. The minimum Gasteiger partial charge on any atom is -0.308 e. The molecule has 0 amide bonds. The average molecular weight is 312 g/mol. The molecule has 0 bridgehead atoms. The van der Waals surface area contributed by atoms with Gasteiger partial charge in [0, 0.05) is 15.7 Å². The molecule has 1 aromatic heterocycles. The maximum Gasteiger partial charge on any atom is 0.0749 e. The number of pyridine rings is 1. The van der Waals surface area contributed by atoms with Crippen molar-refractivity contribution >= 4 is 27.5 Å². The third-order valence-corrected chi connectivity index (χ3v) is 3.26. The van der Waals surface area contributed by atoms with Gasteiger partial charge in [0.15, 0.2) is 0 Å². The van der Waals surface area contributed by atoms with Crippen LogP contribution in [0.25, 0.3) is 0 Å². The van der Waals surface area contributed by atoms with Gasteiger partial charge in [-0.25, -0.2) is 0 Å². The van der Waals surface area contributed by atoms with Gasteiger partial charge in [0.2, 0.25) is 0 Å². The summed E-state index contributed by atoms with van der Waals surface area (Å²) < 4.78 is 0.979. The normalized spacial score (nSPS) is 12.4. The first-order valence-electron chi connectivity index (χ1n) is 5.25. The number of hydrogen-bond acceptors (Lipinski definition) is 2. The van der Waals surface area contributed by atoms with Crippen LogP contribution in [-0.2, 0) is 0 Å². The number of benzene rings is 1. The summed E-state index contributed by atoms with van der Waals surface area (Å²) >= 11 is 9.27. The van der Waals surface area contributed by atoms with Crippen molar-refractivity contribution in [3.8, 4) is 0 Å². The molecular weight excluding hydrogens is 300 g/mol. The first-order chi connectivity index (χ1) is 8.20. The van der Waals surface area contributed by atoms with Crippen molar-refractivity contribution in [3.05, 3.63) is 63.3 Å². The van der Waals surface area contributed by atoms with Crippen LogP contribution in [0, 0.1) is 0 Å². The van der Waals surface area contributed by atoms with Gasteiger partial charge in [-0.05, 0) is 52.8 Å². The lowest BCUT2D eigenvalue weighted by Gasteiger charge is -2.16. The van der Waals surface area contributed by atoms with E-state index in [2.05, 4.69) is 26.2 Å². The summed E-state index contributed by atoms with van der Waals surface area (Å²) in [6, 6.07) is 11.9. The molecule has 1 heterocycles. The average Bonchev–Trinajstić information content (AvgIpc) is 2.35. The quantitative estimate of drug-likeness (QED) is 0.932. The van der Waals surface area contributed by atoms with E-state index in [0.717, 1.165) is 20.8 Å². The molecule has 2 nitrogen and oxygen atoms in total. The van der Waals surface area contributed by atoms with E-state index in [-0.39, 0.29) is 6.04 Å². The van der Waals surface area contributed by atoms with E-state index in [1.165, 1.54) is 0 Å². The standard InChI is InChI=1S/C13H12BrClN2/c1-16-13(9-2-5-11(15)6-3-9)12-7-4-10(14)8-17-12/h2-8,13,16H,1H3. The lowest BCUT2D eigenvalue weighted by atomic mass is 10.0. The van der Waals surface area contributed by atoms with Gasteiger partial charge in [-0.3, -0.25) is 4.98 Å². The van der Waals surface area contributed by atoms with Crippen LogP contribution in [0.15, 0.2) is 47.1 Å². The lowest BCUT2D eigenvalue weighted by molar-refractivity contribution is 0.671. The monoisotopic (exact) mass is 310 g/mol. The fraction of sp³-hybridized carbons (Fsp3) is 0.154. The van der Waals surface area contributed by atoms with Gasteiger partial charge < -0.3 is 5.32 Å². The van der Waals surface area contributed by atoms with Crippen LogP contribution in [0.5, 0.6) is 0 Å². The molecule has 4 heteroatoms. The summed E-state index contributed by atoms with van der Waals surface area (Å²) in [4.78, 5) is 4.41. The third-order valence-electron chi connectivity index (χ3n) is 2.54. The zero-order chi connectivity index (χ0) is 12.3. The van der Waals surface area contributed by atoms with Crippen molar-refractivity contribution in [3.63, 3.8) is 0 Å². The molecule has 17 heavy (non-hydrogen) atoms. The van der Waals surface area contributed by atoms with Gasteiger partial charge in [0.25, 0.3) is 0 Å². The molecule has 1 atom stereocenters. The molecule has 0 fully saturated rings. The van der Waals surface area contributed by atoms with Gasteiger partial charge in [-0.1, -0.05) is 23.7 Å². The molecule has 88 valence electrons. The molecule has 1 unspecified atom stereocenters. The van der Waals surface area contributed by atoms with Crippen molar-refractivity contribution in [1.29, 1.82) is 0 Å². The molecule has 1 N–H and O–H groups in total. The Morgan fingerprint density at radius 2 is 1.88 bits per heavy atom. The molecule has 0 aliphatic rings.